The SMILES string of the molecule is CC[C@H](NC(=O)COCc1nc2ccccc2s1)c1ccc(C)cc1. The summed E-state index contributed by atoms with van der Waals surface area (Å²) in [6.45, 7) is 4.51. The molecule has 0 fully saturated rings. The van der Waals surface area contributed by atoms with Gasteiger partial charge in [0.05, 0.1) is 22.9 Å². The van der Waals surface area contributed by atoms with Crippen LogP contribution in [0.25, 0.3) is 10.2 Å². The van der Waals surface area contributed by atoms with Crippen LogP contribution in [0.5, 0.6) is 0 Å². The number of nitrogens with one attached hydrogen (secondary N) is 1. The van der Waals surface area contributed by atoms with Crippen molar-refractivity contribution in [2.75, 3.05) is 6.61 Å². The molecule has 3 rings (SSSR count). The molecule has 25 heavy (non-hydrogen) atoms. The van der Waals surface area contributed by atoms with Gasteiger partial charge < -0.3 is 10.1 Å². The highest BCUT2D eigenvalue weighted by molar-refractivity contribution is 7.18. The van der Waals surface area contributed by atoms with Crippen LogP contribution < -0.4 is 5.32 Å². The van der Waals surface area contributed by atoms with E-state index in [2.05, 4.69) is 48.4 Å². The predicted molar refractivity (Wildman–Crippen MR) is 102 cm³/mol. The van der Waals surface area contributed by atoms with Crippen LogP contribution in [0.15, 0.2) is 48.5 Å². The second-order valence-corrected chi connectivity index (χ2v) is 7.12. The number of ether oxygens (including phenoxy) is 1. The Morgan fingerprint density at radius 1 is 1.20 bits per heavy atom. The minimum absolute atomic E-state index is 0.0131. The van der Waals surface area contributed by atoms with Gasteiger partial charge in [-0.15, -0.1) is 11.3 Å². The topological polar surface area (TPSA) is 51.2 Å². The van der Waals surface area contributed by atoms with Crippen LogP contribution in [-0.2, 0) is 16.1 Å². The van der Waals surface area contributed by atoms with Crippen LogP contribution in [-0.4, -0.2) is 17.5 Å². The number of rotatable bonds is 7. The molecule has 0 spiro atoms. The molecule has 0 saturated carbocycles. The molecule has 0 bridgehead atoms. The lowest BCUT2D eigenvalue weighted by Gasteiger charge is -2.17. The summed E-state index contributed by atoms with van der Waals surface area (Å²) in [4.78, 5) is 16.7. The van der Waals surface area contributed by atoms with Gasteiger partial charge in [-0.1, -0.05) is 48.9 Å². The minimum Gasteiger partial charge on any atom is -0.364 e. The average Bonchev–Trinajstić information content (AvgIpc) is 3.03. The zero-order valence-corrected chi connectivity index (χ0v) is 15.3. The van der Waals surface area contributed by atoms with Gasteiger partial charge in [0, 0.05) is 0 Å². The summed E-state index contributed by atoms with van der Waals surface area (Å²) in [6.07, 6.45) is 0.840. The van der Waals surface area contributed by atoms with Crippen molar-refractivity contribution in [3.63, 3.8) is 0 Å². The summed E-state index contributed by atoms with van der Waals surface area (Å²) in [5.74, 6) is -0.103. The third-order valence-electron chi connectivity index (χ3n) is 4.02. The number of hydrogen-bond donors (Lipinski definition) is 1. The molecular formula is C20H22N2O2S. The molecular weight excluding hydrogens is 332 g/mol. The number of amides is 1. The van der Waals surface area contributed by atoms with Crippen LogP contribution in [0.4, 0.5) is 0 Å². The van der Waals surface area contributed by atoms with E-state index in [1.807, 2.05) is 24.3 Å². The lowest BCUT2D eigenvalue weighted by atomic mass is 10.0. The Kier molecular flexibility index (Phi) is 5.79. The third kappa shape index (κ3) is 4.65. The van der Waals surface area contributed by atoms with Crippen LogP contribution in [0, 0.1) is 6.92 Å². The number of para-hydroxylation sites is 1. The minimum atomic E-state index is -0.103. The van der Waals surface area contributed by atoms with Crippen LogP contribution >= 0.6 is 11.3 Å². The fourth-order valence-corrected chi connectivity index (χ4v) is 3.57. The Bertz CT molecular complexity index is 809. The molecule has 3 aromatic rings. The number of benzene rings is 2. The number of carbonyl (C=O) groups is 1. The molecule has 1 amide bonds. The summed E-state index contributed by atoms with van der Waals surface area (Å²) in [7, 11) is 0. The molecule has 1 aromatic heterocycles. The summed E-state index contributed by atoms with van der Waals surface area (Å²) >= 11 is 1.60. The van der Waals surface area contributed by atoms with E-state index < -0.39 is 0 Å². The summed E-state index contributed by atoms with van der Waals surface area (Å²) in [5.41, 5.74) is 3.30. The highest BCUT2D eigenvalue weighted by Gasteiger charge is 2.13. The number of nitrogens with zero attached hydrogens (tertiary/aromatic N) is 1. The normalized spacial score (nSPS) is 12.2. The molecule has 130 valence electrons. The maximum Gasteiger partial charge on any atom is 0.246 e. The van der Waals surface area contributed by atoms with Crippen LogP contribution in [0.2, 0.25) is 0 Å². The number of hydrogen-bond acceptors (Lipinski definition) is 4. The summed E-state index contributed by atoms with van der Waals surface area (Å²) < 4.78 is 6.68. The molecule has 1 N–H and O–H groups in total. The van der Waals surface area contributed by atoms with Crippen molar-refractivity contribution >= 4 is 27.5 Å². The van der Waals surface area contributed by atoms with Gasteiger partial charge >= 0.3 is 0 Å². The summed E-state index contributed by atoms with van der Waals surface area (Å²) in [6, 6.07) is 16.2. The van der Waals surface area contributed by atoms with E-state index >= 15 is 0 Å². The molecule has 0 unspecified atom stereocenters. The highest BCUT2D eigenvalue weighted by Crippen LogP contribution is 2.22. The van der Waals surface area contributed by atoms with Gasteiger partial charge in [0.25, 0.3) is 0 Å². The molecule has 0 aliphatic carbocycles. The molecule has 1 heterocycles. The van der Waals surface area contributed by atoms with Crippen molar-refractivity contribution < 1.29 is 9.53 Å². The van der Waals surface area contributed by atoms with E-state index in [1.54, 1.807) is 11.3 Å². The van der Waals surface area contributed by atoms with Crippen molar-refractivity contribution in [3.05, 3.63) is 64.7 Å². The average molecular weight is 354 g/mol. The molecule has 0 aliphatic rings. The van der Waals surface area contributed by atoms with Gasteiger partial charge in [0.15, 0.2) is 0 Å². The molecule has 4 nitrogen and oxygen atoms in total. The fraction of sp³-hybridized carbons (Fsp3) is 0.300. The Morgan fingerprint density at radius 2 is 1.96 bits per heavy atom. The monoisotopic (exact) mass is 354 g/mol. The molecule has 0 saturated heterocycles. The maximum atomic E-state index is 12.2. The van der Waals surface area contributed by atoms with E-state index in [9.17, 15) is 4.79 Å². The van der Waals surface area contributed by atoms with E-state index in [1.165, 1.54) is 5.56 Å². The van der Waals surface area contributed by atoms with Crippen LogP contribution in [0.3, 0.4) is 0 Å². The largest absolute Gasteiger partial charge is 0.364 e. The standard InChI is InChI=1S/C20H22N2O2S/c1-3-16(15-10-8-14(2)9-11-15)21-19(23)12-24-13-20-22-17-6-4-5-7-18(17)25-20/h4-11,16H,3,12-13H2,1-2H3,(H,21,23)/t16-/m0/s1. The molecule has 0 radical (unpaired) electrons. The number of aromatic nitrogens is 1. The van der Waals surface area contributed by atoms with Gasteiger partial charge in [-0.2, -0.15) is 0 Å². The first-order valence-corrected chi connectivity index (χ1v) is 9.25. The molecule has 1 atom stereocenters. The molecule has 2 aromatic carbocycles. The number of fused-ring (bicyclic) bond motifs is 1. The van der Waals surface area contributed by atoms with E-state index in [4.69, 9.17) is 4.74 Å². The maximum absolute atomic E-state index is 12.2. The molecule has 0 aliphatic heterocycles. The first-order valence-electron chi connectivity index (χ1n) is 8.44. The smallest absolute Gasteiger partial charge is 0.246 e. The van der Waals surface area contributed by atoms with Crippen molar-refractivity contribution in [2.45, 2.75) is 32.9 Å². The predicted octanol–water partition coefficient (Wildman–Crippen LogP) is 4.39. The summed E-state index contributed by atoms with van der Waals surface area (Å²) in [5, 5.41) is 3.92. The Morgan fingerprint density at radius 3 is 2.68 bits per heavy atom. The lowest BCUT2D eigenvalue weighted by Crippen LogP contribution is -2.31. The first-order chi connectivity index (χ1) is 12.2. The van der Waals surface area contributed by atoms with Crippen molar-refractivity contribution in [1.82, 2.24) is 10.3 Å². The van der Waals surface area contributed by atoms with Gasteiger partial charge in [-0.05, 0) is 31.0 Å². The Hall–Kier alpha value is -2.24. The third-order valence-corrected chi connectivity index (χ3v) is 5.03. The highest BCUT2D eigenvalue weighted by atomic mass is 32.1. The van der Waals surface area contributed by atoms with Crippen molar-refractivity contribution in [1.29, 1.82) is 0 Å². The Balaban J connectivity index is 1.50. The van der Waals surface area contributed by atoms with E-state index in [-0.39, 0.29) is 18.6 Å². The van der Waals surface area contributed by atoms with E-state index in [0.29, 0.717) is 6.61 Å². The quantitative estimate of drug-likeness (QED) is 0.685. The lowest BCUT2D eigenvalue weighted by molar-refractivity contribution is -0.126. The van der Waals surface area contributed by atoms with Crippen molar-refractivity contribution in [2.24, 2.45) is 0 Å². The van der Waals surface area contributed by atoms with Crippen LogP contribution in [0.1, 0.15) is 35.5 Å². The van der Waals surface area contributed by atoms with E-state index in [0.717, 1.165) is 27.2 Å². The van der Waals surface area contributed by atoms with Gasteiger partial charge in [0.2, 0.25) is 5.91 Å². The second kappa shape index (κ2) is 8.23. The van der Waals surface area contributed by atoms with Crippen molar-refractivity contribution in [3.8, 4) is 0 Å². The van der Waals surface area contributed by atoms with Gasteiger partial charge in [-0.3, -0.25) is 4.79 Å². The first kappa shape index (κ1) is 17.6. The zero-order valence-electron chi connectivity index (χ0n) is 14.5. The number of aryl methyl sites for hydroxylation is 1. The molecule has 5 heteroatoms. The number of thiazole rings is 1. The Labute approximate surface area is 151 Å². The zero-order chi connectivity index (χ0) is 17.6. The fourth-order valence-electron chi connectivity index (χ4n) is 2.67. The second-order valence-electron chi connectivity index (χ2n) is 6.01. The van der Waals surface area contributed by atoms with Gasteiger partial charge in [-0.25, -0.2) is 4.98 Å². The number of carbonyl (C=O) groups excluding carboxylic acids is 1. The van der Waals surface area contributed by atoms with Gasteiger partial charge in [0.1, 0.15) is 11.6 Å².